The Morgan fingerprint density at radius 1 is 1.15 bits per heavy atom. The molecule has 78 valence electrons. The van der Waals surface area contributed by atoms with Crippen LogP contribution in [-0.4, -0.2) is 33.9 Å². The Hall–Kier alpha value is -0.920. The van der Waals surface area contributed by atoms with E-state index in [1.54, 1.807) is 0 Å². The molecule has 2 N–H and O–H groups in total. The lowest BCUT2D eigenvalue weighted by Crippen LogP contribution is -2.59. The van der Waals surface area contributed by atoms with Crippen LogP contribution in [0.5, 0.6) is 0 Å². The van der Waals surface area contributed by atoms with Gasteiger partial charge in [0.1, 0.15) is 0 Å². The van der Waals surface area contributed by atoms with E-state index in [0.717, 1.165) is 0 Å². The van der Waals surface area contributed by atoms with Crippen LogP contribution in [-0.2, 0) is 4.79 Å². The second-order valence-electron chi connectivity index (χ2n) is 2.45. The third-order valence-corrected chi connectivity index (χ3v) is 1.38. The quantitative estimate of drug-likeness (QED) is 0.666. The van der Waals surface area contributed by atoms with Crippen molar-refractivity contribution in [1.29, 1.82) is 0 Å². The monoisotopic (exact) mass is 208 g/mol. The van der Waals surface area contributed by atoms with Crippen molar-refractivity contribution in [1.82, 2.24) is 0 Å². The maximum Gasteiger partial charge on any atom is 0.457 e. The number of rotatable bonds is 2. The fraction of sp³-hybridized carbons (Fsp3) is 0.800. The van der Waals surface area contributed by atoms with Gasteiger partial charge in [0.05, 0.1) is 0 Å². The predicted octanol–water partition coefficient (Wildman–Crippen LogP) is 1.02. The summed E-state index contributed by atoms with van der Waals surface area (Å²) in [7, 11) is 0. The molecule has 0 rings (SSSR count). The average Bonchev–Trinajstić information content (AvgIpc) is 1.84. The van der Waals surface area contributed by atoms with Crippen LogP contribution in [0.15, 0.2) is 0 Å². The number of hydrogen-bond donors (Lipinski definition) is 2. The molecule has 8 heteroatoms. The number of halogens is 5. The van der Waals surface area contributed by atoms with Crippen molar-refractivity contribution in [3.63, 3.8) is 0 Å². The lowest BCUT2D eigenvalue weighted by molar-refractivity contribution is -0.333. The van der Waals surface area contributed by atoms with Crippen LogP contribution in [0, 0.1) is 0 Å². The van der Waals surface area contributed by atoms with Gasteiger partial charge in [0.15, 0.2) is 0 Å². The summed E-state index contributed by atoms with van der Waals surface area (Å²) in [5.41, 5.74) is -4.16. The highest BCUT2D eigenvalue weighted by atomic mass is 19.4. The van der Waals surface area contributed by atoms with Crippen LogP contribution in [0.2, 0.25) is 0 Å². The summed E-state index contributed by atoms with van der Waals surface area (Å²) >= 11 is 0. The Morgan fingerprint density at radius 2 is 1.46 bits per heavy atom. The van der Waals surface area contributed by atoms with Gasteiger partial charge in [0.2, 0.25) is 5.60 Å². The van der Waals surface area contributed by atoms with E-state index in [2.05, 4.69) is 0 Å². The molecule has 0 amide bonds. The second-order valence-corrected chi connectivity index (χ2v) is 2.45. The van der Waals surface area contributed by atoms with E-state index in [-0.39, 0.29) is 6.92 Å². The minimum atomic E-state index is -6.10. The summed E-state index contributed by atoms with van der Waals surface area (Å²) in [4.78, 5) is 9.88. The molecule has 0 aromatic heterocycles. The van der Waals surface area contributed by atoms with E-state index in [0.29, 0.717) is 0 Å². The van der Waals surface area contributed by atoms with Crippen LogP contribution in [0.4, 0.5) is 22.0 Å². The summed E-state index contributed by atoms with van der Waals surface area (Å²) < 4.78 is 59.0. The zero-order valence-corrected chi connectivity index (χ0v) is 6.19. The first-order valence-corrected chi connectivity index (χ1v) is 2.85. The first-order chi connectivity index (χ1) is 5.44. The fourth-order valence-electron chi connectivity index (χ4n) is 0.410. The molecule has 0 radical (unpaired) electrons. The minimum absolute atomic E-state index is 0.122. The van der Waals surface area contributed by atoms with E-state index >= 15 is 0 Å². The van der Waals surface area contributed by atoms with Crippen LogP contribution in [0.3, 0.4) is 0 Å². The molecular formula is C5H5F5O3. The highest BCUT2D eigenvalue weighted by Gasteiger charge is 2.71. The van der Waals surface area contributed by atoms with E-state index in [4.69, 9.17) is 10.2 Å². The molecule has 0 heterocycles. The van der Waals surface area contributed by atoms with Crippen LogP contribution >= 0.6 is 0 Å². The largest absolute Gasteiger partial charge is 0.479 e. The van der Waals surface area contributed by atoms with Crippen LogP contribution in [0.25, 0.3) is 0 Å². The molecule has 0 spiro atoms. The highest BCUT2D eigenvalue weighted by Crippen LogP contribution is 2.43. The molecule has 1 atom stereocenters. The van der Waals surface area contributed by atoms with Crippen molar-refractivity contribution in [2.24, 2.45) is 0 Å². The number of carbonyl (C=O) groups is 1. The topological polar surface area (TPSA) is 57.5 Å². The van der Waals surface area contributed by atoms with Gasteiger partial charge < -0.3 is 10.2 Å². The molecule has 0 aliphatic carbocycles. The van der Waals surface area contributed by atoms with Gasteiger partial charge in [0, 0.05) is 0 Å². The maximum atomic E-state index is 12.2. The molecule has 0 aromatic rings. The van der Waals surface area contributed by atoms with Crippen LogP contribution in [0.1, 0.15) is 6.92 Å². The standard InChI is InChI=1S/C5H5F5O3/c1-3(13,2(11)12)4(6,7)5(8,9)10/h13H,1H3,(H,11,12)/t3-/m0/s1. The summed E-state index contributed by atoms with van der Waals surface area (Å²) in [6, 6.07) is 0. The first kappa shape index (κ1) is 12.1. The number of alkyl halides is 5. The van der Waals surface area contributed by atoms with Gasteiger partial charge in [0.25, 0.3) is 0 Å². The Balaban J connectivity index is 5.16. The average molecular weight is 208 g/mol. The highest BCUT2D eigenvalue weighted by molar-refractivity contribution is 5.78. The SMILES string of the molecule is C[C@](O)(C(=O)O)C(F)(F)C(F)(F)F. The molecule has 0 fully saturated rings. The fourth-order valence-corrected chi connectivity index (χ4v) is 0.410. The lowest BCUT2D eigenvalue weighted by Gasteiger charge is -2.29. The van der Waals surface area contributed by atoms with Gasteiger partial charge >= 0.3 is 18.1 Å². The molecule has 0 aromatic carbocycles. The molecule has 13 heavy (non-hydrogen) atoms. The molecule has 0 saturated heterocycles. The third-order valence-electron chi connectivity index (χ3n) is 1.38. The minimum Gasteiger partial charge on any atom is -0.479 e. The van der Waals surface area contributed by atoms with Gasteiger partial charge in [-0.3, -0.25) is 0 Å². The number of hydrogen-bond acceptors (Lipinski definition) is 2. The normalized spacial score (nSPS) is 18.1. The van der Waals surface area contributed by atoms with Crippen molar-refractivity contribution in [3.8, 4) is 0 Å². The van der Waals surface area contributed by atoms with Crippen molar-refractivity contribution in [3.05, 3.63) is 0 Å². The molecule has 3 nitrogen and oxygen atoms in total. The van der Waals surface area contributed by atoms with Gasteiger partial charge in [-0.25, -0.2) is 4.79 Å². The summed E-state index contributed by atoms with van der Waals surface area (Å²) in [5.74, 6) is -8.33. The molecule has 0 saturated carbocycles. The van der Waals surface area contributed by atoms with E-state index < -0.39 is 23.7 Å². The molecule has 0 aliphatic rings. The van der Waals surface area contributed by atoms with Gasteiger partial charge in [-0.1, -0.05) is 0 Å². The van der Waals surface area contributed by atoms with E-state index in [1.807, 2.05) is 0 Å². The van der Waals surface area contributed by atoms with E-state index in [1.165, 1.54) is 0 Å². The number of aliphatic carboxylic acids is 1. The van der Waals surface area contributed by atoms with Crippen molar-refractivity contribution in [2.45, 2.75) is 24.6 Å². The summed E-state index contributed by atoms with van der Waals surface area (Å²) in [6.07, 6.45) is -6.10. The van der Waals surface area contributed by atoms with Gasteiger partial charge in [-0.05, 0) is 6.92 Å². The molecule has 0 aliphatic heterocycles. The van der Waals surface area contributed by atoms with Crippen molar-refractivity contribution >= 4 is 5.97 Å². The number of carboxylic acids is 1. The van der Waals surface area contributed by atoms with Crippen molar-refractivity contribution < 1.29 is 37.0 Å². The summed E-state index contributed by atoms with van der Waals surface area (Å²) in [5, 5.41) is 16.3. The Kier molecular flexibility index (Phi) is 2.59. The third kappa shape index (κ3) is 1.71. The second kappa shape index (κ2) is 2.79. The lowest BCUT2D eigenvalue weighted by atomic mass is 9.98. The zero-order chi connectivity index (χ0) is 11.1. The number of carboxylic acid groups (broad SMARTS) is 1. The van der Waals surface area contributed by atoms with Crippen LogP contribution < -0.4 is 0 Å². The van der Waals surface area contributed by atoms with Gasteiger partial charge in [-0.2, -0.15) is 22.0 Å². The molecular weight excluding hydrogens is 203 g/mol. The zero-order valence-electron chi connectivity index (χ0n) is 6.19. The molecule has 0 unspecified atom stereocenters. The Labute approximate surface area is 68.8 Å². The Bertz CT molecular complexity index is 219. The predicted molar refractivity (Wildman–Crippen MR) is 29.3 cm³/mol. The first-order valence-electron chi connectivity index (χ1n) is 2.85. The molecule has 0 bridgehead atoms. The van der Waals surface area contributed by atoms with E-state index in [9.17, 15) is 26.7 Å². The Morgan fingerprint density at radius 3 is 1.54 bits per heavy atom. The number of aliphatic hydroxyl groups is 1. The van der Waals surface area contributed by atoms with Gasteiger partial charge in [-0.15, -0.1) is 0 Å². The van der Waals surface area contributed by atoms with Crippen molar-refractivity contribution in [2.75, 3.05) is 0 Å². The smallest absolute Gasteiger partial charge is 0.457 e. The maximum absolute atomic E-state index is 12.2. The summed E-state index contributed by atoms with van der Waals surface area (Å²) in [6.45, 7) is -0.122.